The Labute approximate surface area is 196 Å². The van der Waals surface area contributed by atoms with E-state index >= 15 is 0 Å². The number of piperazine rings is 1. The molecule has 0 spiro atoms. The summed E-state index contributed by atoms with van der Waals surface area (Å²) < 4.78 is 16.4. The molecule has 0 bridgehead atoms. The summed E-state index contributed by atoms with van der Waals surface area (Å²) in [5.41, 5.74) is 4.35. The average Bonchev–Trinajstić information content (AvgIpc) is 3.17. The first kappa shape index (κ1) is 21.6. The molecule has 1 saturated heterocycles. The lowest BCUT2D eigenvalue weighted by Crippen LogP contribution is -2.46. The van der Waals surface area contributed by atoms with E-state index in [1.165, 1.54) is 6.07 Å². The highest BCUT2D eigenvalue weighted by molar-refractivity contribution is 6.34. The Bertz CT molecular complexity index is 1330. The SMILES string of the molecule is Cc1c(F)cccc1Cc1c(C(=O)N2CCNCC2)c2ccnc(Cl)c2n1-c1ccccc1. The van der Waals surface area contributed by atoms with Crippen molar-refractivity contribution >= 4 is 28.4 Å². The molecule has 5 rings (SSSR count). The topological polar surface area (TPSA) is 50.2 Å². The van der Waals surface area contributed by atoms with Crippen LogP contribution in [0.25, 0.3) is 16.6 Å². The molecule has 0 aliphatic carbocycles. The fraction of sp³-hybridized carbons (Fsp3) is 0.231. The van der Waals surface area contributed by atoms with Gasteiger partial charge in [-0.15, -0.1) is 0 Å². The number of benzene rings is 2. The van der Waals surface area contributed by atoms with Gasteiger partial charge >= 0.3 is 0 Å². The number of para-hydroxylation sites is 1. The van der Waals surface area contributed by atoms with Crippen molar-refractivity contribution in [1.29, 1.82) is 0 Å². The van der Waals surface area contributed by atoms with Gasteiger partial charge in [-0.3, -0.25) is 4.79 Å². The standard InChI is InChI=1S/C26H24ClFN4O/c1-17-18(6-5-9-21(17)28)16-22-23(26(33)31-14-12-29-13-15-31)20-10-11-30-25(27)24(20)32(22)19-7-3-2-4-8-19/h2-11,29H,12-16H2,1H3. The smallest absolute Gasteiger partial charge is 0.256 e. The predicted octanol–water partition coefficient (Wildman–Crippen LogP) is 4.76. The molecule has 0 saturated carbocycles. The van der Waals surface area contributed by atoms with E-state index in [1.54, 1.807) is 19.2 Å². The number of hydrogen-bond acceptors (Lipinski definition) is 3. The quantitative estimate of drug-likeness (QED) is 0.445. The second-order valence-electron chi connectivity index (χ2n) is 8.23. The number of pyridine rings is 1. The van der Waals surface area contributed by atoms with E-state index in [0.717, 1.165) is 35.4 Å². The summed E-state index contributed by atoms with van der Waals surface area (Å²) in [6.45, 7) is 4.54. The second-order valence-corrected chi connectivity index (χ2v) is 8.59. The second kappa shape index (κ2) is 8.96. The van der Waals surface area contributed by atoms with Crippen LogP contribution in [-0.4, -0.2) is 46.5 Å². The molecular formula is C26H24ClFN4O. The van der Waals surface area contributed by atoms with Crippen molar-refractivity contribution in [3.8, 4) is 5.69 Å². The zero-order valence-electron chi connectivity index (χ0n) is 18.3. The van der Waals surface area contributed by atoms with Gasteiger partial charge < -0.3 is 14.8 Å². The van der Waals surface area contributed by atoms with Gasteiger partial charge in [0.15, 0.2) is 5.15 Å². The third kappa shape index (κ3) is 3.90. The lowest BCUT2D eigenvalue weighted by atomic mass is 9.99. The Morgan fingerprint density at radius 3 is 2.61 bits per heavy atom. The van der Waals surface area contributed by atoms with Crippen LogP contribution in [0.15, 0.2) is 60.8 Å². The highest BCUT2D eigenvalue weighted by Gasteiger charge is 2.29. The highest BCUT2D eigenvalue weighted by Crippen LogP contribution is 2.35. The van der Waals surface area contributed by atoms with Crippen LogP contribution in [0.3, 0.4) is 0 Å². The van der Waals surface area contributed by atoms with E-state index in [1.807, 2.05) is 51.9 Å². The van der Waals surface area contributed by atoms with E-state index in [4.69, 9.17) is 11.6 Å². The van der Waals surface area contributed by atoms with Crippen molar-refractivity contribution in [2.24, 2.45) is 0 Å². The molecule has 33 heavy (non-hydrogen) atoms. The average molecular weight is 463 g/mol. The van der Waals surface area contributed by atoms with Crippen LogP contribution in [0.4, 0.5) is 4.39 Å². The van der Waals surface area contributed by atoms with Crippen molar-refractivity contribution in [1.82, 2.24) is 19.8 Å². The molecule has 1 fully saturated rings. The number of halogens is 2. The summed E-state index contributed by atoms with van der Waals surface area (Å²) in [4.78, 5) is 20.1. The minimum absolute atomic E-state index is 0.0393. The lowest BCUT2D eigenvalue weighted by molar-refractivity contribution is 0.0736. The minimum Gasteiger partial charge on any atom is -0.336 e. The van der Waals surface area contributed by atoms with Crippen molar-refractivity contribution < 1.29 is 9.18 Å². The lowest BCUT2D eigenvalue weighted by Gasteiger charge is -2.28. The molecule has 0 unspecified atom stereocenters. The zero-order chi connectivity index (χ0) is 22.9. The Balaban J connectivity index is 1.80. The van der Waals surface area contributed by atoms with Crippen molar-refractivity contribution in [2.75, 3.05) is 26.2 Å². The first-order valence-electron chi connectivity index (χ1n) is 11.0. The summed E-state index contributed by atoms with van der Waals surface area (Å²) in [5.74, 6) is -0.299. The van der Waals surface area contributed by atoms with Gasteiger partial charge in [0.25, 0.3) is 5.91 Å². The molecule has 2 aromatic carbocycles. The molecule has 7 heteroatoms. The molecule has 0 atom stereocenters. The van der Waals surface area contributed by atoms with Gasteiger partial charge in [0.2, 0.25) is 0 Å². The maximum absolute atomic E-state index is 14.4. The molecule has 4 aromatic rings. The van der Waals surface area contributed by atoms with Crippen LogP contribution in [0.5, 0.6) is 0 Å². The fourth-order valence-corrected chi connectivity index (χ4v) is 4.81. The van der Waals surface area contributed by atoms with E-state index < -0.39 is 0 Å². The number of fused-ring (bicyclic) bond motifs is 1. The normalized spacial score (nSPS) is 14.1. The molecule has 1 aliphatic rings. The largest absolute Gasteiger partial charge is 0.336 e. The third-order valence-electron chi connectivity index (χ3n) is 6.30. The minimum atomic E-state index is -0.260. The molecule has 1 aliphatic heterocycles. The van der Waals surface area contributed by atoms with Gasteiger partial charge in [0.1, 0.15) is 5.82 Å². The van der Waals surface area contributed by atoms with Gasteiger partial charge in [-0.2, -0.15) is 0 Å². The van der Waals surface area contributed by atoms with Crippen LogP contribution in [0.1, 0.15) is 27.2 Å². The first-order chi connectivity index (χ1) is 16.1. The Morgan fingerprint density at radius 1 is 1.09 bits per heavy atom. The monoisotopic (exact) mass is 462 g/mol. The van der Waals surface area contributed by atoms with E-state index in [9.17, 15) is 9.18 Å². The Kier molecular flexibility index (Phi) is 5.87. The van der Waals surface area contributed by atoms with Gasteiger partial charge in [-0.25, -0.2) is 9.37 Å². The number of nitrogens with one attached hydrogen (secondary N) is 1. The number of hydrogen-bond donors (Lipinski definition) is 1. The number of carbonyl (C=O) groups is 1. The predicted molar refractivity (Wildman–Crippen MR) is 129 cm³/mol. The Morgan fingerprint density at radius 2 is 1.85 bits per heavy atom. The van der Waals surface area contributed by atoms with E-state index in [-0.39, 0.29) is 11.7 Å². The maximum Gasteiger partial charge on any atom is 0.256 e. The first-order valence-corrected chi connectivity index (χ1v) is 11.4. The van der Waals surface area contributed by atoms with Crippen LogP contribution in [0.2, 0.25) is 5.15 Å². The molecule has 1 N–H and O–H groups in total. The third-order valence-corrected chi connectivity index (χ3v) is 6.58. The van der Waals surface area contributed by atoms with Gasteiger partial charge in [0, 0.05) is 55.6 Å². The summed E-state index contributed by atoms with van der Waals surface area (Å²) >= 11 is 6.62. The number of carbonyl (C=O) groups excluding carboxylic acids is 1. The van der Waals surface area contributed by atoms with Gasteiger partial charge in [0.05, 0.1) is 11.1 Å². The van der Waals surface area contributed by atoms with Crippen molar-refractivity contribution in [2.45, 2.75) is 13.3 Å². The molecule has 1 amide bonds. The highest BCUT2D eigenvalue weighted by atomic mass is 35.5. The van der Waals surface area contributed by atoms with Crippen LogP contribution >= 0.6 is 11.6 Å². The molecular weight excluding hydrogens is 439 g/mol. The number of nitrogens with zero attached hydrogens (tertiary/aromatic N) is 3. The van der Waals surface area contributed by atoms with Crippen LogP contribution in [0, 0.1) is 12.7 Å². The number of amides is 1. The molecule has 3 heterocycles. The van der Waals surface area contributed by atoms with Gasteiger partial charge in [-0.1, -0.05) is 41.9 Å². The summed E-state index contributed by atoms with van der Waals surface area (Å²) in [7, 11) is 0. The van der Waals surface area contributed by atoms with Crippen molar-refractivity contribution in [3.05, 3.63) is 94.1 Å². The molecule has 168 valence electrons. The zero-order valence-corrected chi connectivity index (χ0v) is 19.1. The summed E-state index contributed by atoms with van der Waals surface area (Å²) in [6, 6.07) is 16.7. The maximum atomic E-state index is 14.4. The van der Waals surface area contributed by atoms with E-state index in [0.29, 0.717) is 41.3 Å². The fourth-order valence-electron chi connectivity index (χ4n) is 4.56. The number of aromatic nitrogens is 2. The van der Waals surface area contributed by atoms with Crippen molar-refractivity contribution in [3.63, 3.8) is 0 Å². The van der Waals surface area contributed by atoms with Crippen LogP contribution < -0.4 is 5.32 Å². The van der Waals surface area contributed by atoms with Gasteiger partial charge in [-0.05, 0) is 42.3 Å². The molecule has 0 radical (unpaired) electrons. The molecule has 2 aromatic heterocycles. The number of rotatable bonds is 4. The summed E-state index contributed by atoms with van der Waals surface area (Å²) in [6.07, 6.45) is 2.02. The Hall–Kier alpha value is -3.22. The van der Waals surface area contributed by atoms with Crippen LogP contribution in [-0.2, 0) is 6.42 Å². The summed E-state index contributed by atoms with van der Waals surface area (Å²) in [5, 5.41) is 4.38. The molecule has 5 nitrogen and oxygen atoms in total. The van der Waals surface area contributed by atoms with E-state index in [2.05, 4.69) is 10.3 Å².